The molecule has 5 aliphatic carbocycles. The van der Waals surface area contributed by atoms with Crippen molar-refractivity contribution in [2.75, 3.05) is 13.2 Å². The van der Waals surface area contributed by atoms with E-state index in [2.05, 4.69) is 53.5 Å². The van der Waals surface area contributed by atoms with Gasteiger partial charge in [-0.1, -0.05) is 78.9 Å². The molecule has 1 aromatic heterocycles. The van der Waals surface area contributed by atoms with Crippen LogP contribution in [-0.4, -0.2) is 40.1 Å². The fourth-order valence-electron chi connectivity index (χ4n) is 10.7. The molecule has 1 aliphatic heterocycles. The van der Waals surface area contributed by atoms with E-state index in [0.29, 0.717) is 23.5 Å². The van der Waals surface area contributed by atoms with Gasteiger partial charge in [-0.2, -0.15) is 0 Å². The van der Waals surface area contributed by atoms with Crippen LogP contribution in [0.1, 0.15) is 108 Å². The molecule has 6 aliphatic rings. The molecule has 0 radical (unpaired) electrons. The van der Waals surface area contributed by atoms with E-state index in [0.717, 1.165) is 54.7 Å². The predicted molar refractivity (Wildman–Crippen MR) is 187 cm³/mol. The van der Waals surface area contributed by atoms with Crippen LogP contribution in [0.5, 0.6) is 0 Å². The number of aromatic nitrogens is 2. The molecule has 49 heavy (non-hydrogen) atoms. The maximum atomic E-state index is 13.8. The minimum atomic E-state index is -0.405. The number of benzene rings is 3. The highest BCUT2D eigenvalue weighted by molar-refractivity contribution is 5.88. The molecule has 4 aromatic rings. The van der Waals surface area contributed by atoms with Crippen LogP contribution in [0.4, 0.5) is 4.79 Å². The molecule has 252 valence electrons. The fraction of sp³-hybridized carbons (Fsp3) is 0.452. The summed E-state index contributed by atoms with van der Waals surface area (Å²) >= 11 is 0. The number of aromatic amines is 1. The van der Waals surface area contributed by atoms with E-state index in [9.17, 15) is 9.59 Å². The van der Waals surface area contributed by atoms with Gasteiger partial charge in [0.2, 0.25) is 0 Å². The van der Waals surface area contributed by atoms with Crippen LogP contribution in [-0.2, 0) is 22.5 Å². The van der Waals surface area contributed by atoms with Crippen molar-refractivity contribution in [3.05, 3.63) is 113 Å². The van der Waals surface area contributed by atoms with E-state index in [-0.39, 0.29) is 31.3 Å². The monoisotopic (exact) mass is 655 g/mol. The first-order valence-corrected chi connectivity index (χ1v) is 18.4. The van der Waals surface area contributed by atoms with Crippen molar-refractivity contribution in [2.45, 2.75) is 82.8 Å². The minimum Gasteiger partial charge on any atom is -0.456 e. The minimum absolute atomic E-state index is 0.00295. The Balaban J connectivity index is 0.936. The quantitative estimate of drug-likeness (QED) is 0.182. The number of rotatable bonds is 9. The van der Waals surface area contributed by atoms with Gasteiger partial charge in [-0.25, -0.2) is 14.6 Å². The number of amides is 1. The van der Waals surface area contributed by atoms with Crippen molar-refractivity contribution in [1.29, 1.82) is 0 Å². The van der Waals surface area contributed by atoms with Crippen LogP contribution >= 0.6 is 0 Å². The number of nitrogens with one attached hydrogen (secondary N) is 1. The van der Waals surface area contributed by atoms with Gasteiger partial charge < -0.3 is 14.5 Å². The second kappa shape index (κ2) is 12.5. The molecule has 10 rings (SSSR count). The van der Waals surface area contributed by atoms with Crippen LogP contribution in [0.15, 0.2) is 78.9 Å². The molecule has 3 aromatic carbocycles. The normalized spacial score (nSPS) is 26.5. The predicted octanol–water partition coefficient (Wildman–Crippen LogP) is 9.00. The fourth-order valence-corrected chi connectivity index (χ4v) is 10.7. The Kier molecular flexibility index (Phi) is 7.82. The summed E-state index contributed by atoms with van der Waals surface area (Å²) in [5.74, 6) is 2.90. The van der Waals surface area contributed by atoms with Crippen molar-refractivity contribution in [3.8, 4) is 11.1 Å². The number of nitrogens with zero attached hydrogens (tertiary/aromatic N) is 2. The van der Waals surface area contributed by atoms with Crippen molar-refractivity contribution in [2.24, 2.45) is 23.2 Å². The molecule has 1 saturated heterocycles. The van der Waals surface area contributed by atoms with Gasteiger partial charge in [0, 0.05) is 18.2 Å². The lowest BCUT2D eigenvalue weighted by Crippen LogP contribution is -2.46. The highest BCUT2D eigenvalue weighted by Gasteiger charge is 2.50. The number of imidazole rings is 1. The lowest BCUT2D eigenvalue weighted by molar-refractivity contribution is -0.0571. The molecule has 1 N–H and O–H groups in total. The molecule has 5 fully saturated rings. The van der Waals surface area contributed by atoms with Crippen LogP contribution in [0, 0.1) is 23.2 Å². The van der Waals surface area contributed by atoms with E-state index >= 15 is 0 Å². The van der Waals surface area contributed by atoms with Gasteiger partial charge in [-0.3, -0.25) is 4.90 Å². The summed E-state index contributed by atoms with van der Waals surface area (Å²) in [6.45, 7) is 1.08. The Bertz CT molecular complexity index is 1780. The van der Waals surface area contributed by atoms with E-state index in [1.807, 2.05) is 30.3 Å². The molecule has 0 spiro atoms. The first-order valence-electron chi connectivity index (χ1n) is 18.4. The van der Waals surface area contributed by atoms with Gasteiger partial charge in [0.15, 0.2) is 5.69 Å². The summed E-state index contributed by atoms with van der Waals surface area (Å²) in [5.41, 5.74) is 7.36. The van der Waals surface area contributed by atoms with Crippen molar-refractivity contribution < 1.29 is 19.1 Å². The van der Waals surface area contributed by atoms with Gasteiger partial charge in [-0.05, 0) is 115 Å². The molecule has 2 heterocycles. The van der Waals surface area contributed by atoms with Crippen molar-refractivity contribution in [3.63, 3.8) is 0 Å². The third-order valence-corrected chi connectivity index (χ3v) is 12.4. The lowest BCUT2D eigenvalue weighted by Gasteiger charge is -2.57. The summed E-state index contributed by atoms with van der Waals surface area (Å²) in [6, 6.07) is 26.3. The maximum absolute atomic E-state index is 13.8. The van der Waals surface area contributed by atoms with E-state index in [1.54, 1.807) is 4.90 Å². The van der Waals surface area contributed by atoms with Gasteiger partial charge in [0.25, 0.3) is 0 Å². The van der Waals surface area contributed by atoms with Gasteiger partial charge in [0.1, 0.15) is 19.0 Å². The van der Waals surface area contributed by atoms with Crippen LogP contribution < -0.4 is 0 Å². The number of ether oxygens (including phenoxy) is 2. The van der Waals surface area contributed by atoms with Gasteiger partial charge in [0.05, 0.1) is 6.04 Å². The summed E-state index contributed by atoms with van der Waals surface area (Å²) in [7, 11) is 0. The van der Waals surface area contributed by atoms with Gasteiger partial charge in [-0.15, -0.1) is 0 Å². The van der Waals surface area contributed by atoms with Crippen molar-refractivity contribution >= 4 is 12.1 Å². The summed E-state index contributed by atoms with van der Waals surface area (Å²) in [4.78, 5) is 37.7. The average Bonchev–Trinajstić information content (AvgIpc) is 3.85. The van der Waals surface area contributed by atoms with Gasteiger partial charge >= 0.3 is 12.1 Å². The smallest absolute Gasteiger partial charge is 0.410 e. The third-order valence-electron chi connectivity index (χ3n) is 12.4. The highest BCUT2D eigenvalue weighted by Crippen LogP contribution is 2.61. The number of carbonyl (C=O) groups excluding carboxylic acids is 2. The number of fused-ring (bicyclic) bond motifs is 3. The molecule has 7 nitrogen and oxygen atoms in total. The summed E-state index contributed by atoms with van der Waals surface area (Å²) in [6.07, 6.45) is 11.3. The average molecular weight is 656 g/mol. The molecule has 0 unspecified atom stereocenters. The van der Waals surface area contributed by atoms with Crippen LogP contribution in [0.25, 0.3) is 11.1 Å². The van der Waals surface area contributed by atoms with E-state index in [4.69, 9.17) is 14.5 Å². The second-order valence-electron chi connectivity index (χ2n) is 15.6. The Hall–Kier alpha value is -4.39. The molecule has 1 amide bonds. The largest absolute Gasteiger partial charge is 0.456 e. The number of H-pyrrole nitrogens is 1. The topological polar surface area (TPSA) is 84.5 Å². The van der Waals surface area contributed by atoms with Crippen molar-refractivity contribution in [1.82, 2.24) is 14.9 Å². The van der Waals surface area contributed by atoms with E-state index in [1.165, 1.54) is 60.8 Å². The third kappa shape index (κ3) is 5.75. The molecule has 4 saturated carbocycles. The zero-order chi connectivity index (χ0) is 33.0. The Morgan fingerprint density at radius 3 is 2.12 bits per heavy atom. The molecular weight excluding hydrogens is 610 g/mol. The first-order chi connectivity index (χ1) is 24.0. The number of hydrogen-bond acceptors (Lipinski definition) is 5. The second-order valence-corrected chi connectivity index (χ2v) is 15.6. The molecule has 4 bridgehead atoms. The number of likely N-dealkylation sites (tertiary alicyclic amines) is 1. The summed E-state index contributed by atoms with van der Waals surface area (Å²) < 4.78 is 11.9. The first kappa shape index (κ1) is 30.7. The number of carbonyl (C=O) groups is 2. The number of aryl methyl sites for hydroxylation is 1. The zero-order valence-electron chi connectivity index (χ0n) is 28.1. The van der Waals surface area contributed by atoms with E-state index < -0.39 is 5.97 Å². The Morgan fingerprint density at radius 1 is 0.816 bits per heavy atom. The highest BCUT2D eigenvalue weighted by atomic mass is 16.6. The standard InChI is InChI=1S/C42H45N3O4/c46-40(48-25-27-9-2-1-3-10-27)38-36(16-17-42-22-28-19-29(23-42)21-30(20-28)24-42)43-39(44-38)37-15-8-18-45(37)41(47)49-26-35-33-13-6-4-11-31(33)32-12-5-7-14-34(32)35/h1-7,9-14,28-30,35,37H,8,15-26H2,(H,43,44)/t28?,29?,30?,37-,42?/m0/s1. The maximum Gasteiger partial charge on any atom is 0.410 e. The zero-order valence-corrected chi connectivity index (χ0v) is 28.1. The van der Waals surface area contributed by atoms with Crippen LogP contribution in [0.2, 0.25) is 0 Å². The van der Waals surface area contributed by atoms with Crippen LogP contribution in [0.3, 0.4) is 0 Å². The Labute approximate surface area is 288 Å². The number of esters is 1. The molecule has 1 atom stereocenters. The summed E-state index contributed by atoms with van der Waals surface area (Å²) in [5, 5.41) is 0. The number of hydrogen-bond donors (Lipinski definition) is 1. The lowest BCUT2D eigenvalue weighted by atomic mass is 9.48. The SMILES string of the molecule is O=C(OCc1ccccc1)c1nc([C@@H]2CCCN2C(=O)OCC2c3ccccc3-c3ccccc32)[nH]c1CCC12CC3CC(CC(C3)C1)C2. The Morgan fingerprint density at radius 2 is 1.45 bits per heavy atom. The molecule has 7 heteroatoms. The molecular formula is C42H45N3O4.